The van der Waals surface area contributed by atoms with E-state index < -0.39 is 30.3 Å². The van der Waals surface area contributed by atoms with Gasteiger partial charge in [-0.05, 0) is 6.07 Å². The van der Waals surface area contributed by atoms with Crippen LogP contribution in [0.1, 0.15) is 0 Å². The molecule has 8 heteroatoms. The molecule has 1 aromatic rings. The molecular formula is C10H14FN3O4. The van der Waals surface area contributed by atoms with Crippen LogP contribution in [0.25, 0.3) is 6.20 Å². The predicted octanol–water partition coefficient (Wildman–Crippen LogP) is -1.04. The van der Waals surface area contributed by atoms with Crippen LogP contribution in [0.5, 0.6) is 0 Å². The molecule has 0 radical (unpaired) electrons. The minimum absolute atomic E-state index is 0.00994. The van der Waals surface area contributed by atoms with E-state index in [9.17, 15) is 14.3 Å². The summed E-state index contributed by atoms with van der Waals surface area (Å²) in [5.74, 6) is -1.03. The third-order valence-corrected chi connectivity index (χ3v) is 2.23. The zero-order valence-corrected chi connectivity index (χ0v) is 9.65. The third-order valence-electron chi connectivity index (χ3n) is 2.23. The zero-order chi connectivity index (χ0) is 13.7. The highest BCUT2D eigenvalue weighted by atomic mass is 19.1. The molecular weight excluding hydrogens is 245 g/mol. The number of anilines is 1. The Morgan fingerprint density at radius 3 is 2.94 bits per heavy atom. The summed E-state index contributed by atoms with van der Waals surface area (Å²) in [6.45, 7) is -0.562. The smallest absolute Gasteiger partial charge is 0.353 e. The van der Waals surface area contributed by atoms with Crippen LogP contribution in [0.2, 0.25) is 0 Å². The maximum absolute atomic E-state index is 13.6. The van der Waals surface area contributed by atoms with E-state index in [1.165, 1.54) is 19.4 Å². The lowest BCUT2D eigenvalue weighted by molar-refractivity contribution is -0.0327. The van der Waals surface area contributed by atoms with Gasteiger partial charge in [-0.25, -0.2) is 9.18 Å². The largest absolute Gasteiger partial charge is 0.394 e. The molecule has 0 fully saturated rings. The minimum Gasteiger partial charge on any atom is -0.394 e. The van der Waals surface area contributed by atoms with Crippen molar-refractivity contribution >= 4 is 12.0 Å². The summed E-state index contributed by atoms with van der Waals surface area (Å²) in [5, 5.41) is 18.3. The van der Waals surface area contributed by atoms with E-state index in [2.05, 4.69) is 9.72 Å². The van der Waals surface area contributed by atoms with E-state index in [4.69, 9.17) is 10.8 Å². The third kappa shape index (κ3) is 3.36. The van der Waals surface area contributed by atoms with Crippen molar-refractivity contribution in [2.75, 3.05) is 19.5 Å². The standard InChI is InChI=1S/C10H14FN3O4/c1-18-7(5-15)9(16)6(11)4-14-3-2-8(12)13-10(14)17/h2-4,7,9,15-16H,5H2,1H3,(H2,12,13,17)/b6-4+/t7?,9-/m1/s1. The molecule has 7 nitrogen and oxygen atoms in total. The highest BCUT2D eigenvalue weighted by molar-refractivity contribution is 5.32. The van der Waals surface area contributed by atoms with Crippen LogP contribution in [0, 0.1) is 0 Å². The Balaban J connectivity index is 2.98. The molecule has 1 heterocycles. The number of aliphatic hydroxyl groups is 2. The van der Waals surface area contributed by atoms with Crippen molar-refractivity contribution in [2.45, 2.75) is 12.2 Å². The second kappa shape index (κ2) is 6.24. The van der Waals surface area contributed by atoms with E-state index in [0.717, 1.165) is 10.8 Å². The molecule has 0 aliphatic rings. The number of hydrogen-bond acceptors (Lipinski definition) is 6. The highest BCUT2D eigenvalue weighted by Crippen LogP contribution is 2.11. The quantitative estimate of drug-likeness (QED) is 0.623. The first-order valence-electron chi connectivity index (χ1n) is 5.03. The topological polar surface area (TPSA) is 111 Å². The lowest BCUT2D eigenvalue weighted by Crippen LogP contribution is -2.32. The number of nitrogens with two attached hydrogens (primary N) is 1. The van der Waals surface area contributed by atoms with E-state index >= 15 is 0 Å². The summed E-state index contributed by atoms with van der Waals surface area (Å²) in [6, 6.07) is 1.30. The van der Waals surface area contributed by atoms with Gasteiger partial charge in [-0.2, -0.15) is 4.98 Å². The second-order valence-corrected chi connectivity index (χ2v) is 3.46. The van der Waals surface area contributed by atoms with Crippen molar-refractivity contribution < 1.29 is 19.3 Å². The first-order valence-corrected chi connectivity index (χ1v) is 5.03. The Morgan fingerprint density at radius 2 is 2.44 bits per heavy atom. The summed E-state index contributed by atoms with van der Waals surface area (Å²) in [6.07, 6.45) is -0.832. The Bertz CT molecular complexity index is 484. The van der Waals surface area contributed by atoms with Gasteiger partial charge >= 0.3 is 5.69 Å². The maximum atomic E-state index is 13.6. The van der Waals surface area contributed by atoms with Gasteiger partial charge in [-0.15, -0.1) is 0 Å². The normalized spacial score (nSPS) is 15.4. The fourth-order valence-corrected chi connectivity index (χ4v) is 1.21. The van der Waals surface area contributed by atoms with E-state index in [1.807, 2.05) is 0 Å². The Kier molecular flexibility index (Phi) is 4.95. The van der Waals surface area contributed by atoms with Gasteiger partial charge in [0.1, 0.15) is 23.9 Å². The molecule has 0 amide bonds. The van der Waals surface area contributed by atoms with Crippen molar-refractivity contribution in [1.29, 1.82) is 0 Å². The van der Waals surface area contributed by atoms with Crippen molar-refractivity contribution in [3.63, 3.8) is 0 Å². The molecule has 1 rings (SSSR count). The molecule has 1 aromatic heterocycles. The molecule has 0 bridgehead atoms. The van der Waals surface area contributed by atoms with Crippen LogP contribution in [0.3, 0.4) is 0 Å². The molecule has 0 aromatic carbocycles. The van der Waals surface area contributed by atoms with Gasteiger partial charge in [0.25, 0.3) is 0 Å². The highest BCUT2D eigenvalue weighted by Gasteiger charge is 2.22. The van der Waals surface area contributed by atoms with Gasteiger partial charge in [0.2, 0.25) is 0 Å². The predicted molar refractivity (Wildman–Crippen MR) is 62.2 cm³/mol. The SMILES string of the molecule is COC(CO)[C@H](O)/C(F)=C\n1ccc(N)nc1=O. The monoisotopic (exact) mass is 259 g/mol. The summed E-state index contributed by atoms with van der Waals surface area (Å²) in [5.41, 5.74) is 4.49. The molecule has 0 aliphatic heterocycles. The van der Waals surface area contributed by atoms with Crippen LogP contribution in [0.4, 0.5) is 10.2 Å². The van der Waals surface area contributed by atoms with E-state index in [-0.39, 0.29) is 5.82 Å². The van der Waals surface area contributed by atoms with Crippen molar-refractivity contribution in [1.82, 2.24) is 9.55 Å². The lowest BCUT2D eigenvalue weighted by atomic mass is 10.2. The van der Waals surface area contributed by atoms with Gasteiger partial charge in [0.15, 0.2) is 0 Å². The van der Waals surface area contributed by atoms with Crippen molar-refractivity contribution in [2.24, 2.45) is 0 Å². The number of rotatable bonds is 5. The number of aromatic nitrogens is 2. The van der Waals surface area contributed by atoms with Gasteiger partial charge in [0, 0.05) is 19.5 Å². The fraction of sp³-hybridized carbons (Fsp3) is 0.400. The second-order valence-electron chi connectivity index (χ2n) is 3.46. The van der Waals surface area contributed by atoms with Crippen LogP contribution in [0.15, 0.2) is 22.9 Å². The molecule has 18 heavy (non-hydrogen) atoms. The number of ether oxygens (including phenoxy) is 1. The van der Waals surface area contributed by atoms with Crippen LogP contribution in [-0.2, 0) is 4.74 Å². The molecule has 0 saturated heterocycles. The average Bonchev–Trinajstić information content (AvgIpc) is 2.34. The minimum atomic E-state index is -1.68. The molecule has 4 N–H and O–H groups in total. The van der Waals surface area contributed by atoms with E-state index in [0.29, 0.717) is 0 Å². The summed E-state index contributed by atoms with van der Waals surface area (Å²) < 4.78 is 19.1. The lowest BCUT2D eigenvalue weighted by Gasteiger charge is -2.17. The summed E-state index contributed by atoms with van der Waals surface area (Å²) in [7, 11) is 1.22. The van der Waals surface area contributed by atoms with E-state index in [1.54, 1.807) is 0 Å². The number of halogens is 1. The summed E-state index contributed by atoms with van der Waals surface area (Å²) in [4.78, 5) is 14.7. The number of nitrogens with zero attached hydrogens (tertiary/aromatic N) is 2. The zero-order valence-electron chi connectivity index (χ0n) is 9.65. The average molecular weight is 259 g/mol. The Hall–Kier alpha value is -1.77. The number of hydrogen-bond donors (Lipinski definition) is 3. The van der Waals surface area contributed by atoms with Gasteiger partial charge in [-0.1, -0.05) is 0 Å². The van der Waals surface area contributed by atoms with Crippen LogP contribution < -0.4 is 11.4 Å². The van der Waals surface area contributed by atoms with Gasteiger partial charge < -0.3 is 20.7 Å². The Labute approximate surface area is 102 Å². The number of methoxy groups -OCH3 is 1. The van der Waals surface area contributed by atoms with Gasteiger partial charge in [0.05, 0.1) is 6.61 Å². The molecule has 1 unspecified atom stereocenters. The number of aliphatic hydroxyl groups excluding tert-OH is 2. The molecule has 0 aliphatic carbocycles. The van der Waals surface area contributed by atoms with Crippen molar-refractivity contribution in [3.05, 3.63) is 28.6 Å². The molecule has 100 valence electrons. The summed E-state index contributed by atoms with van der Waals surface area (Å²) >= 11 is 0. The van der Waals surface area contributed by atoms with Crippen LogP contribution >= 0.6 is 0 Å². The maximum Gasteiger partial charge on any atom is 0.353 e. The Morgan fingerprint density at radius 1 is 1.78 bits per heavy atom. The van der Waals surface area contributed by atoms with Crippen molar-refractivity contribution in [3.8, 4) is 0 Å². The fourth-order valence-electron chi connectivity index (χ4n) is 1.21. The molecule has 0 spiro atoms. The number of nitrogen functional groups attached to an aromatic ring is 1. The molecule has 2 atom stereocenters. The van der Waals surface area contributed by atoms with Gasteiger partial charge in [-0.3, -0.25) is 4.57 Å². The first kappa shape index (κ1) is 14.3. The molecule has 0 saturated carbocycles. The first-order chi connectivity index (χ1) is 8.49. The van der Waals surface area contributed by atoms with Crippen LogP contribution in [-0.4, -0.2) is 45.7 Å².